The van der Waals surface area contributed by atoms with Crippen LogP contribution in [0.4, 0.5) is 0 Å². The molecule has 0 saturated heterocycles. The summed E-state index contributed by atoms with van der Waals surface area (Å²) in [6.45, 7) is 2.94. The molecular weight excluding hydrogens is 218 g/mol. The van der Waals surface area contributed by atoms with E-state index in [0.29, 0.717) is 25.4 Å². The zero-order chi connectivity index (χ0) is 12.5. The van der Waals surface area contributed by atoms with Crippen molar-refractivity contribution in [3.63, 3.8) is 0 Å². The predicted octanol–water partition coefficient (Wildman–Crippen LogP) is 1.61. The molecule has 98 valence electrons. The Kier molecular flexibility index (Phi) is 6.89. The van der Waals surface area contributed by atoms with Gasteiger partial charge in [-0.15, -0.1) is 0 Å². The van der Waals surface area contributed by atoms with Gasteiger partial charge in [0.15, 0.2) is 5.78 Å². The van der Waals surface area contributed by atoms with Crippen molar-refractivity contribution in [2.75, 3.05) is 40.5 Å². The first-order chi connectivity index (χ1) is 8.27. The number of hydrogen-bond donors (Lipinski definition) is 0. The van der Waals surface area contributed by atoms with Crippen LogP contribution in [0.2, 0.25) is 0 Å². The van der Waals surface area contributed by atoms with Gasteiger partial charge in [0.1, 0.15) is 0 Å². The van der Waals surface area contributed by atoms with E-state index in [1.54, 1.807) is 14.2 Å². The summed E-state index contributed by atoms with van der Waals surface area (Å²) in [4.78, 5) is 13.8. The molecule has 0 aromatic rings. The Morgan fingerprint density at radius 2 is 1.71 bits per heavy atom. The summed E-state index contributed by atoms with van der Waals surface area (Å²) >= 11 is 0. The third kappa shape index (κ3) is 5.33. The fourth-order valence-corrected chi connectivity index (χ4v) is 1.92. The molecule has 1 fully saturated rings. The standard InChI is InChI=1S/C13H23NO3/c1-16-9-7-14(8-10-17-2)11-12-5-3-4-6-13(12)15/h11H,3-10H2,1-2H3/b12-11-. The summed E-state index contributed by atoms with van der Waals surface area (Å²) in [6, 6.07) is 0. The Bertz CT molecular complexity index is 255. The Labute approximate surface area is 104 Å². The van der Waals surface area contributed by atoms with Crippen molar-refractivity contribution in [3.8, 4) is 0 Å². The molecule has 0 unspecified atom stereocenters. The first-order valence-corrected chi connectivity index (χ1v) is 6.23. The van der Waals surface area contributed by atoms with E-state index in [4.69, 9.17) is 9.47 Å². The lowest BCUT2D eigenvalue weighted by Crippen LogP contribution is -2.27. The monoisotopic (exact) mass is 241 g/mol. The zero-order valence-electron chi connectivity index (χ0n) is 10.9. The molecule has 17 heavy (non-hydrogen) atoms. The van der Waals surface area contributed by atoms with Crippen LogP contribution in [0.5, 0.6) is 0 Å². The molecule has 0 N–H and O–H groups in total. The number of methoxy groups -OCH3 is 2. The number of allylic oxidation sites excluding steroid dienone is 1. The summed E-state index contributed by atoms with van der Waals surface area (Å²) in [5.74, 6) is 0.302. The van der Waals surface area contributed by atoms with Crippen LogP contribution in [-0.4, -0.2) is 51.2 Å². The van der Waals surface area contributed by atoms with E-state index in [-0.39, 0.29) is 0 Å². The van der Waals surface area contributed by atoms with Crippen LogP contribution in [0.25, 0.3) is 0 Å². The Hall–Kier alpha value is -0.870. The van der Waals surface area contributed by atoms with Gasteiger partial charge in [0, 0.05) is 45.5 Å². The van der Waals surface area contributed by atoms with Crippen LogP contribution < -0.4 is 0 Å². The molecule has 0 bridgehead atoms. The largest absolute Gasteiger partial charge is 0.383 e. The highest BCUT2D eigenvalue weighted by atomic mass is 16.5. The molecule has 1 rings (SSSR count). The van der Waals surface area contributed by atoms with Crippen molar-refractivity contribution in [1.29, 1.82) is 0 Å². The summed E-state index contributed by atoms with van der Waals surface area (Å²) in [5, 5.41) is 0. The minimum absolute atomic E-state index is 0.302. The van der Waals surface area contributed by atoms with Crippen molar-refractivity contribution in [2.45, 2.75) is 25.7 Å². The first-order valence-electron chi connectivity index (χ1n) is 6.23. The normalized spacial score (nSPS) is 18.7. The quantitative estimate of drug-likeness (QED) is 0.635. The molecule has 4 nitrogen and oxygen atoms in total. The number of carbonyl (C=O) groups is 1. The summed E-state index contributed by atoms with van der Waals surface area (Å²) in [6.07, 6.45) is 5.77. The van der Waals surface area contributed by atoms with Crippen LogP contribution in [0.1, 0.15) is 25.7 Å². The molecule has 0 aromatic heterocycles. The number of nitrogens with zero attached hydrogens (tertiary/aromatic N) is 1. The Morgan fingerprint density at radius 3 is 2.24 bits per heavy atom. The van der Waals surface area contributed by atoms with E-state index >= 15 is 0 Å². The molecule has 4 heteroatoms. The van der Waals surface area contributed by atoms with Gasteiger partial charge in [-0.05, 0) is 19.3 Å². The van der Waals surface area contributed by atoms with E-state index in [1.165, 1.54) is 0 Å². The van der Waals surface area contributed by atoms with Crippen LogP contribution in [-0.2, 0) is 14.3 Å². The van der Waals surface area contributed by atoms with Crippen LogP contribution >= 0.6 is 0 Å². The Balaban J connectivity index is 2.54. The van der Waals surface area contributed by atoms with E-state index in [0.717, 1.165) is 37.9 Å². The van der Waals surface area contributed by atoms with E-state index in [2.05, 4.69) is 4.90 Å². The fraction of sp³-hybridized carbons (Fsp3) is 0.769. The van der Waals surface area contributed by atoms with Crippen LogP contribution in [0.3, 0.4) is 0 Å². The predicted molar refractivity (Wildman–Crippen MR) is 66.9 cm³/mol. The van der Waals surface area contributed by atoms with Crippen molar-refractivity contribution in [2.24, 2.45) is 0 Å². The van der Waals surface area contributed by atoms with Gasteiger partial charge in [-0.25, -0.2) is 0 Å². The lowest BCUT2D eigenvalue weighted by atomic mass is 9.94. The molecule has 0 radical (unpaired) electrons. The second kappa shape index (κ2) is 8.25. The van der Waals surface area contributed by atoms with Crippen molar-refractivity contribution in [3.05, 3.63) is 11.8 Å². The second-order valence-electron chi connectivity index (χ2n) is 4.31. The summed E-state index contributed by atoms with van der Waals surface area (Å²) in [5.41, 5.74) is 0.962. The smallest absolute Gasteiger partial charge is 0.160 e. The number of ether oxygens (including phenoxy) is 2. The average Bonchev–Trinajstić information content (AvgIpc) is 2.35. The average molecular weight is 241 g/mol. The highest BCUT2D eigenvalue weighted by molar-refractivity contribution is 5.95. The molecule has 0 aromatic carbocycles. The maximum atomic E-state index is 11.7. The number of carbonyl (C=O) groups excluding carboxylic acids is 1. The molecule has 1 aliphatic rings. The molecule has 1 aliphatic carbocycles. The lowest BCUT2D eigenvalue weighted by Gasteiger charge is -2.22. The van der Waals surface area contributed by atoms with Gasteiger partial charge in [0.25, 0.3) is 0 Å². The third-order valence-electron chi connectivity index (χ3n) is 2.96. The highest BCUT2D eigenvalue weighted by Gasteiger charge is 2.15. The third-order valence-corrected chi connectivity index (χ3v) is 2.96. The maximum absolute atomic E-state index is 11.7. The van der Waals surface area contributed by atoms with Gasteiger partial charge in [0.05, 0.1) is 13.2 Å². The number of Topliss-reactive ketones (excluding diaryl/α,β-unsaturated/α-hetero) is 1. The minimum Gasteiger partial charge on any atom is -0.383 e. The topological polar surface area (TPSA) is 38.8 Å². The fourth-order valence-electron chi connectivity index (χ4n) is 1.92. The minimum atomic E-state index is 0.302. The molecule has 0 heterocycles. The van der Waals surface area contributed by atoms with Gasteiger partial charge in [-0.2, -0.15) is 0 Å². The molecule has 1 saturated carbocycles. The first kappa shape index (κ1) is 14.2. The molecule has 0 amide bonds. The molecule has 0 spiro atoms. The zero-order valence-corrected chi connectivity index (χ0v) is 10.9. The van der Waals surface area contributed by atoms with Gasteiger partial charge < -0.3 is 14.4 Å². The number of hydrogen-bond acceptors (Lipinski definition) is 4. The SMILES string of the molecule is COCCN(/C=C1/CCCCC1=O)CCOC. The molecule has 0 aliphatic heterocycles. The van der Waals surface area contributed by atoms with Gasteiger partial charge in [-0.3, -0.25) is 4.79 Å². The van der Waals surface area contributed by atoms with Gasteiger partial charge >= 0.3 is 0 Å². The van der Waals surface area contributed by atoms with Gasteiger partial charge in [-0.1, -0.05) is 0 Å². The van der Waals surface area contributed by atoms with Gasteiger partial charge in [0.2, 0.25) is 0 Å². The Morgan fingerprint density at radius 1 is 1.12 bits per heavy atom. The second-order valence-corrected chi connectivity index (χ2v) is 4.31. The van der Waals surface area contributed by atoms with Crippen LogP contribution in [0.15, 0.2) is 11.8 Å². The molecule has 0 atom stereocenters. The molecular formula is C13H23NO3. The van der Waals surface area contributed by atoms with Crippen LogP contribution in [0, 0.1) is 0 Å². The lowest BCUT2D eigenvalue weighted by molar-refractivity contribution is -0.116. The van der Waals surface area contributed by atoms with E-state index in [9.17, 15) is 4.79 Å². The number of rotatable bonds is 7. The van der Waals surface area contributed by atoms with E-state index < -0.39 is 0 Å². The van der Waals surface area contributed by atoms with Crippen molar-refractivity contribution >= 4 is 5.78 Å². The van der Waals surface area contributed by atoms with Crippen molar-refractivity contribution < 1.29 is 14.3 Å². The maximum Gasteiger partial charge on any atom is 0.160 e. The van der Waals surface area contributed by atoms with E-state index in [1.807, 2.05) is 6.20 Å². The summed E-state index contributed by atoms with van der Waals surface area (Å²) in [7, 11) is 3.38. The summed E-state index contributed by atoms with van der Waals surface area (Å²) < 4.78 is 10.1. The highest BCUT2D eigenvalue weighted by Crippen LogP contribution is 2.20. The van der Waals surface area contributed by atoms with Crippen molar-refractivity contribution in [1.82, 2.24) is 4.90 Å². The number of ketones is 1.